The van der Waals surface area contributed by atoms with Gasteiger partial charge in [-0.3, -0.25) is 0 Å². The zero-order valence-electron chi connectivity index (χ0n) is 17.0. The highest BCUT2D eigenvalue weighted by atomic mass is 32.2. The van der Waals surface area contributed by atoms with Crippen molar-refractivity contribution in [2.45, 2.75) is 36.7 Å². The van der Waals surface area contributed by atoms with Crippen molar-refractivity contribution >= 4 is 24.3 Å². The number of benzene rings is 1. The summed E-state index contributed by atoms with van der Waals surface area (Å²) in [4.78, 5) is 25.0. The summed E-state index contributed by atoms with van der Waals surface area (Å²) in [5.74, 6) is 1.70. The highest BCUT2D eigenvalue weighted by Gasteiger charge is 2.24. The standard InChI is InChI=1S/C21H31N3O4S/c1-22-21(26)23(11-12-25)9-3-13-27-19-8-10-24(15-19)29-20-5-2-4-18(14-20)28-16-17-6-7-17/h2,4-5,12,14,17,19H,3,6-11,13,15-16H2,1H3,(H,22,26). The largest absolute Gasteiger partial charge is 0.493 e. The van der Waals surface area contributed by atoms with Gasteiger partial charge in [0, 0.05) is 38.2 Å². The lowest BCUT2D eigenvalue weighted by Crippen LogP contribution is -2.40. The van der Waals surface area contributed by atoms with Crippen LogP contribution in [0, 0.1) is 5.92 Å². The summed E-state index contributed by atoms with van der Waals surface area (Å²) in [6, 6.07) is 8.07. The van der Waals surface area contributed by atoms with Crippen LogP contribution >= 0.6 is 11.9 Å². The summed E-state index contributed by atoms with van der Waals surface area (Å²) < 4.78 is 14.2. The summed E-state index contributed by atoms with van der Waals surface area (Å²) in [6.07, 6.45) is 5.25. The molecular formula is C21H31N3O4S. The minimum absolute atomic E-state index is 0.108. The minimum atomic E-state index is -0.233. The maximum absolute atomic E-state index is 11.7. The Morgan fingerprint density at radius 3 is 3.00 bits per heavy atom. The predicted molar refractivity (Wildman–Crippen MR) is 113 cm³/mol. The maximum atomic E-state index is 11.7. The van der Waals surface area contributed by atoms with E-state index in [4.69, 9.17) is 9.47 Å². The molecule has 2 fully saturated rings. The van der Waals surface area contributed by atoms with E-state index >= 15 is 0 Å². The van der Waals surface area contributed by atoms with Crippen LogP contribution in [0.2, 0.25) is 0 Å². The van der Waals surface area contributed by atoms with E-state index in [1.165, 1.54) is 22.6 Å². The van der Waals surface area contributed by atoms with Gasteiger partial charge in [-0.25, -0.2) is 9.10 Å². The van der Waals surface area contributed by atoms with Crippen molar-refractivity contribution in [1.29, 1.82) is 0 Å². The van der Waals surface area contributed by atoms with E-state index < -0.39 is 0 Å². The number of aldehydes is 1. The lowest BCUT2D eigenvalue weighted by atomic mass is 10.3. The summed E-state index contributed by atoms with van der Waals surface area (Å²) in [7, 11) is 1.57. The number of hydrogen-bond donors (Lipinski definition) is 1. The molecule has 1 heterocycles. The number of rotatable bonds is 12. The van der Waals surface area contributed by atoms with E-state index in [0.29, 0.717) is 19.6 Å². The van der Waals surface area contributed by atoms with Crippen LogP contribution in [-0.4, -0.2) is 74.1 Å². The number of nitrogens with one attached hydrogen (secondary N) is 1. The van der Waals surface area contributed by atoms with Gasteiger partial charge in [-0.15, -0.1) is 0 Å². The fourth-order valence-electron chi connectivity index (χ4n) is 3.21. The average Bonchev–Trinajstić information content (AvgIpc) is 3.47. The van der Waals surface area contributed by atoms with Gasteiger partial charge in [0.05, 0.1) is 19.3 Å². The molecule has 1 saturated heterocycles. The number of carbonyl (C=O) groups is 2. The predicted octanol–water partition coefficient (Wildman–Crippen LogP) is 2.80. The van der Waals surface area contributed by atoms with Gasteiger partial charge in [0.25, 0.3) is 0 Å². The van der Waals surface area contributed by atoms with Crippen molar-refractivity contribution in [2.24, 2.45) is 5.92 Å². The van der Waals surface area contributed by atoms with Crippen LogP contribution < -0.4 is 10.1 Å². The molecule has 1 aliphatic heterocycles. The molecule has 160 valence electrons. The summed E-state index contributed by atoms with van der Waals surface area (Å²) in [5, 5.41) is 2.55. The molecule has 1 aromatic rings. The molecule has 2 aliphatic rings. The number of nitrogens with zero attached hydrogens (tertiary/aromatic N) is 2. The molecule has 0 spiro atoms. The fraction of sp³-hybridized carbons (Fsp3) is 0.619. The zero-order chi connectivity index (χ0) is 20.5. The van der Waals surface area contributed by atoms with Crippen molar-refractivity contribution < 1.29 is 19.1 Å². The molecule has 8 heteroatoms. The maximum Gasteiger partial charge on any atom is 0.317 e. The second-order valence-electron chi connectivity index (χ2n) is 7.51. The first-order chi connectivity index (χ1) is 14.2. The molecule has 0 radical (unpaired) electrons. The Morgan fingerprint density at radius 1 is 1.38 bits per heavy atom. The quantitative estimate of drug-likeness (QED) is 0.318. The van der Waals surface area contributed by atoms with Crippen molar-refractivity contribution in [1.82, 2.24) is 14.5 Å². The Labute approximate surface area is 177 Å². The summed E-state index contributed by atoms with van der Waals surface area (Å²) in [6.45, 7) is 3.90. The first kappa shape index (κ1) is 21.9. The lowest BCUT2D eigenvalue weighted by Gasteiger charge is -2.20. The molecule has 1 aromatic carbocycles. The van der Waals surface area contributed by atoms with Crippen LogP contribution in [0.4, 0.5) is 4.79 Å². The molecule has 1 N–H and O–H groups in total. The Balaban J connectivity index is 1.34. The van der Waals surface area contributed by atoms with Gasteiger partial charge in [0.1, 0.15) is 12.0 Å². The molecule has 0 aromatic heterocycles. The fourth-order valence-corrected chi connectivity index (χ4v) is 4.26. The molecule has 7 nitrogen and oxygen atoms in total. The van der Waals surface area contributed by atoms with Crippen LogP contribution in [-0.2, 0) is 9.53 Å². The van der Waals surface area contributed by atoms with E-state index in [-0.39, 0.29) is 18.7 Å². The van der Waals surface area contributed by atoms with Crippen LogP contribution in [0.5, 0.6) is 5.75 Å². The Kier molecular flexibility index (Phi) is 8.64. The molecule has 1 saturated carbocycles. The van der Waals surface area contributed by atoms with Crippen LogP contribution in [0.25, 0.3) is 0 Å². The second-order valence-corrected chi connectivity index (χ2v) is 8.68. The summed E-state index contributed by atoms with van der Waals surface area (Å²) >= 11 is 1.75. The van der Waals surface area contributed by atoms with Crippen molar-refractivity contribution in [3.8, 4) is 5.75 Å². The first-order valence-electron chi connectivity index (χ1n) is 10.4. The van der Waals surface area contributed by atoms with Gasteiger partial charge in [-0.1, -0.05) is 6.07 Å². The average molecular weight is 422 g/mol. The normalized spacial score (nSPS) is 19.1. The molecule has 0 bridgehead atoms. The van der Waals surface area contributed by atoms with Crippen molar-refractivity contribution in [3.05, 3.63) is 24.3 Å². The van der Waals surface area contributed by atoms with Crippen LogP contribution in [0.3, 0.4) is 0 Å². The van der Waals surface area contributed by atoms with E-state index in [1.807, 2.05) is 12.1 Å². The number of ether oxygens (including phenoxy) is 2. The molecule has 1 aliphatic carbocycles. The van der Waals surface area contributed by atoms with Crippen LogP contribution in [0.1, 0.15) is 25.7 Å². The number of urea groups is 1. The smallest absolute Gasteiger partial charge is 0.317 e. The number of carbonyl (C=O) groups excluding carboxylic acids is 2. The Hall–Kier alpha value is -1.77. The SMILES string of the molecule is CNC(=O)N(CC=O)CCCOC1CCN(Sc2cccc(OCC3CC3)c2)C1. The van der Waals surface area contributed by atoms with Gasteiger partial charge < -0.3 is 24.5 Å². The lowest BCUT2D eigenvalue weighted by molar-refractivity contribution is -0.108. The molecule has 1 unspecified atom stereocenters. The molecule has 2 amide bonds. The number of hydrogen-bond acceptors (Lipinski definition) is 6. The Bertz CT molecular complexity index is 671. The third-order valence-electron chi connectivity index (χ3n) is 5.05. The second kappa shape index (κ2) is 11.4. The third-order valence-corrected chi connectivity index (χ3v) is 6.11. The topological polar surface area (TPSA) is 71.1 Å². The molecule has 1 atom stereocenters. The minimum Gasteiger partial charge on any atom is -0.493 e. The van der Waals surface area contributed by atoms with Gasteiger partial charge >= 0.3 is 6.03 Å². The van der Waals surface area contributed by atoms with Crippen molar-refractivity contribution in [3.63, 3.8) is 0 Å². The molecular weight excluding hydrogens is 390 g/mol. The van der Waals surface area contributed by atoms with E-state index in [1.54, 1.807) is 19.0 Å². The van der Waals surface area contributed by atoms with E-state index in [0.717, 1.165) is 44.1 Å². The Morgan fingerprint density at radius 2 is 2.24 bits per heavy atom. The van der Waals surface area contributed by atoms with Gasteiger partial charge in [-0.2, -0.15) is 0 Å². The summed E-state index contributed by atoms with van der Waals surface area (Å²) in [5.41, 5.74) is 0. The van der Waals surface area contributed by atoms with E-state index in [2.05, 4.69) is 21.8 Å². The van der Waals surface area contributed by atoms with E-state index in [9.17, 15) is 9.59 Å². The van der Waals surface area contributed by atoms with Gasteiger partial charge in [0.15, 0.2) is 0 Å². The number of amides is 2. The monoisotopic (exact) mass is 421 g/mol. The van der Waals surface area contributed by atoms with Gasteiger partial charge in [-0.05, 0) is 61.7 Å². The third kappa shape index (κ3) is 7.53. The molecule has 29 heavy (non-hydrogen) atoms. The van der Waals surface area contributed by atoms with Crippen molar-refractivity contribution in [2.75, 3.05) is 46.4 Å². The highest BCUT2D eigenvalue weighted by Crippen LogP contribution is 2.32. The van der Waals surface area contributed by atoms with Gasteiger partial charge in [0.2, 0.25) is 0 Å². The first-order valence-corrected chi connectivity index (χ1v) is 11.1. The van der Waals surface area contributed by atoms with Crippen LogP contribution in [0.15, 0.2) is 29.2 Å². The highest BCUT2D eigenvalue weighted by molar-refractivity contribution is 7.97. The molecule has 3 rings (SSSR count). The zero-order valence-corrected chi connectivity index (χ0v) is 17.9.